The van der Waals surface area contributed by atoms with Gasteiger partial charge >= 0.3 is 0 Å². The van der Waals surface area contributed by atoms with Gasteiger partial charge < -0.3 is 10.2 Å². The van der Waals surface area contributed by atoms with E-state index >= 15 is 0 Å². The van der Waals surface area contributed by atoms with Crippen LogP contribution in [0.25, 0.3) is 10.8 Å². The predicted octanol–water partition coefficient (Wildman–Crippen LogP) is 3.57. The summed E-state index contributed by atoms with van der Waals surface area (Å²) < 4.78 is 0. The van der Waals surface area contributed by atoms with Gasteiger partial charge in [0.2, 0.25) is 5.95 Å². The van der Waals surface area contributed by atoms with Gasteiger partial charge in [-0.15, -0.1) is 17.0 Å². The number of hydrogen-bond donors (Lipinski definition) is 1. The molecular weight excluding hydrogens is 404 g/mol. The van der Waals surface area contributed by atoms with Gasteiger partial charge in [-0.1, -0.05) is 31.2 Å². The first-order valence-electron chi connectivity index (χ1n) is 9.21. The maximum atomic E-state index is 4.58. The highest BCUT2D eigenvalue weighted by molar-refractivity contribution is 8.93. The summed E-state index contributed by atoms with van der Waals surface area (Å²) in [5, 5.41) is 6.05. The maximum absolute atomic E-state index is 4.58. The summed E-state index contributed by atoms with van der Waals surface area (Å²) in [6.07, 6.45) is 6.77. The Labute approximate surface area is 170 Å². The van der Waals surface area contributed by atoms with Crippen LogP contribution in [0.4, 0.5) is 11.8 Å². The molecule has 0 amide bonds. The van der Waals surface area contributed by atoms with Gasteiger partial charge in [0.15, 0.2) is 0 Å². The van der Waals surface area contributed by atoms with E-state index in [1.54, 1.807) is 12.4 Å². The number of pyridine rings is 1. The van der Waals surface area contributed by atoms with Crippen molar-refractivity contribution in [1.29, 1.82) is 0 Å². The van der Waals surface area contributed by atoms with Gasteiger partial charge in [-0.25, -0.2) is 15.0 Å². The number of nitrogens with zero attached hydrogens (tertiary/aromatic N) is 5. The van der Waals surface area contributed by atoms with Gasteiger partial charge in [0.25, 0.3) is 0 Å². The molecule has 1 saturated heterocycles. The summed E-state index contributed by atoms with van der Waals surface area (Å²) >= 11 is 0. The number of hydrogen-bond acceptors (Lipinski definition) is 6. The Morgan fingerprint density at radius 3 is 2.41 bits per heavy atom. The Hall–Kier alpha value is -2.25. The summed E-state index contributed by atoms with van der Waals surface area (Å²) in [6, 6.07) is 12.3. The molecule has 6 nitrogen and oxygen atoms in total. The summed E-state index contributed by atoms with van der Waals surface area (Å²) in [6.45, 7) is 6.05. The number of fused-ring (bicyclic) bond motifs is 1. The van der Waals surface area contributed by atoms with Crippen LogP contribution < -0.4 is 10.2 Å². The van der Waals surface area contributed by atoms with Crippen molar-refractivity contribution in [3.8, 4) is 0 Å². The molecule has 1 fully saturated rings. The first-order chi connectivity index (χ1) is 12.8. The average Bonchev–Trinajstić information content (AvgIpc) is 2.73. The highest BCUT2D eigenvalue weighted by Gasteiger charge is 2.24. The molecular formula is C20H25BrN6. The van der Waals surface area contributed by atoms with E-state index in [0.717, 1.165) is 44.4 Å². The predicted molar refractivity (Wildman–Crippen MR) is 116 cm³/mol. The van der Waals surface area contributed by atoms with Crippen LogP contribution in [0, 0.1) is 0 Å². The quantitative estimate of drug-likeness (QED) is 0.669. The van der Waals surface area contributed by atoms with Crippen molar-refractivity contribution in [2.75, 3.05) is 36.4 Å². The summed E-state index contributed by atoms with van der Waals surface area (Å²) in [7, 11) is 0. The van der Waals surface area contributed by atoms with Crippen LogP contribution in [0.1, 0.15) is 13.3 Å². The SMILES string of the molecule is Br.CCC(Nc1nccc2ccccc12)N1CCN(c2ncccn2)CC1. The number of anilines is 2. The number of rotatable bonds is 5. The van der Waals surface area contributed by atoms with E-state index in [9.17, 15) is 0 Å². The molecule has 1 aliphatic rings. The van der Waals surface area contributed by atoms with Crippen LogP contribution in [0.3, 0.4) is 0 Å². The molecule has 0 radical (unpaired) electrons. The molecule has 1 N–H and O–H groups in total. The minimum Gasteiger partial charge on any atom is -0.354 e. The van der Waals surface area contributed by atoms with Crippen LogP contribution >= 0.6 is 17.0 Å². The molecule has 3 heterocycles. The lowest BCUT2D eigenvalue weighted by molar-refractivity contribution is 0.197. The van der Waals surface area contributed by atoms with E-state index < -0.39 is 0 Å². The minimum absolute atomic E-state index is 0. The second-order valence-corrected chi connectivity index (χ2v) is 6.52. The van der Waals surface area contributed by atoms with Crippen molar-refractivity contribution >= 4 is 39.5 Å². The van der Waals surface area contributed by atoms with E-state index in [0.29, 0.717) is 0 Å². The zero-order chi connectivity index (χ0) is 17.8. The molecule has 27 heavy (non-hydrogen) atoms. The normalized spacial score (nSPS) is 16.0. The Bertz CT molecular complexity index is 846. The monoisotopic (exact) mass is 428 g/mol. The Morgan fingerprint density at radius 1 is 0.926 bits per heavy atom. The fourth-order valence-electron chi connectivity index (χ4n) is 3.53. The van der Waals surface area contributed by atoms with Gasteiger partial charge in [0.05, 0.1) is 6.17 Å². The molecule has 142 valence electrons. The van der Waals surface area contributed by atoms with Crippen LogP contribution in [-0.2, 0) is 0 Å². The molecule has 0 bridgehead atoms. The topological polar surface area (TPSA) is 57.2 Å². The molecule has 0 saturated carbocycles. The third kappa shape index (κ3) is 4.36. The summed E-state index contributed by atoms with van der Waals surface area (Å²) in [5.41, 5.74) is 0. The van der Waals surface area contributed by atoms with Crippen LogP contribution in [-0.4, -0.2) is 52.2 Å². The van der Waals surface area contributed by atoms with Crippen molar-refractivity contribution in [1.82, 2.24) is 19.9 Å². The van der Waals surface area contributed by atoms with Gasteiger partial charge in [-0.05, 0) is 23.9 Å². The highest BCUT2D eigenvalue weighted by atomic mass is 79.9. The molecule has 0 aliphatic carbocycles. The van der Waals surface area contributed by atoms with Crippen molar-refractivity contribution in [3.63, 3.8) is 0 Å². The molecule has 1 atom stereocenters. The van der Waals surface area contributed by atoms with Crippen molar-refractivity contribution < 1.29 is 0 Å². The molecule has 3 aromatic rings. The number of piperazine rings is 1. The minimum atomic E-state index is 0. The van der Waals surface area contributed by atoms with Crippen molar-refractivity contribution in [2.45, 2.75) is 19.5 Å². The lowest BCUT2D eigenvalue weighted by atomic mass is 10.1. The fraction of sp³-hybridized carbons (Fsp3) is 0.350. The van der Waals surface area contributed by atoms with E-state index in [2.05, 4.69) is 67.3 Å². The second-order valence-electron chi connectivity index (χ2n) is 6.52. The Morgan fingerprint density at radius 2 is 1.67 bits per heavy atom. The number of nitrogens with one attached hydrogen (secondary N) is 1. The van der Waals surface area contributed by atoms with Gasteiger partial charge in [0.1, 0.15) is 5.82 Å². The van der Waals surface area contributed by atoms with Gasteiger partial charge in [-0.3, -0.25) is 4.90 Å². The second kappa shape index (κ2) is 9.10. The number of halogens is 1. The van der Waals surface area contributed by atoms with E-state index in [4.69, 9.17) is 0 Å². The Kier molecular flexibility index (Phi) is 6.58. The maximum Gasteiger partial charge on any atom is 0.225 e. The average molecular weight is 429 g/mol. The van der Waals surface area contributed by atoms with E-state index in [1.807, 2.05) is 12.3 Å². The third-order valence-corrected chi connectivity index (χ3v) is 4.95. The van der Waals surface area contributed by atoms with Crippen LogP contribution in [0.2, 0.25) is 0 Å². The standard InChI is InChI=1S/C20H24N6.BrH/c1-2-18(24-19-17-7-4-3-6-16(17)8-11-21-19)25-12-14-26(15-13-25)20-22-9-5-10-23-20;/h3-11,18H,2,12-15H2,1H3,(H,21,24);1H. The molecule has 4 rings (SSSR count). The highest BCUT2D eigenvalue weighted by Crippen LogP contribution is 2.23. The largest absolute Gasteiger partial charge is 0.354 e. The Balaban J connectivity index is 0.00000210. The third-order valence-electron chi connectivity index (χ3n) is 4.95. The lowest BCUT2D eigenvalue weighted by Gasteiger charge is -2.39. The summed E-state index contributed by atoms with van der Waals surface area (Å²) in [5.74, 6) is 1.78. The zero-order valence-electron chi connectivity index (χ0n) is 15.5. The smallest absolute Gasteiger partial charge is 0.225 e. The number of benzene rings is 1. The van der Waals surface area contributed by atoms with E-state index in [-0.39, 0.29) is 23.1 Å². The molecule has 0 spiro atoms. The summed E-state index contributed by atoms with van der Waals surface area (Å²) in [4.78, 5) is 18.1. The first kappa shape index (κ1) is 19.5. The number of aromatic nitrogens is 3. The van der Waals surface area contributed by atoms with Crippen LogP contribution in [0.15, 0.2) is 55.0 Å². The van der Waals surface area contributed by atoms with E-state index in [1.165, 1.54) is 10.8 Å². The molecule has 2 aromatic heterocycles. The lowest BCUT2D eigenvalue weighted by Crippen LogP contribution is -2.53. The van der Waals surface area contributed by atoms with Crippen LogP contribution in [0.5, 0.6) is 0 Å². The molecule has 1 unspecified atom stereocenters. The molecule has 1 aromatic carbocycles. The first-order valence-corrected chi connectivity index (χ1v) is 9.21. The van der Waals surface area contributed by atoms with Crippen molar-refractivity contribution in [3.05, 3.63) is 55.0 Å². The fourth-order valence-corrected chi connectivity index (χ4v) is 3.53. The molecule has 1 aliphatic heterocycles. The van der Waals surface area contributed by atoms with Crippen molar-refractivity contribution in [2.24, 2.45) is 0 Å². The molecule has 7 heteroatoms. The zero-order valence-corrected chi connectivity index (χ0v) is 17.2. The van der Waals surface area contributed by atoms with Gasteiger partial charge in [0, 0.05) is 50.2 Å². The van der Waals surface area contributed by atoms with Gasteiger partial charge in [-0.2, -0.15) is 0 Å².